The number of nitrogens with zero attached hydrogens (tertiary/aromatic N) is 4. The van der Waals surface area contributed by atoms with Crippen molar-refractivity contribution in [3.05, 3.63) is 11.3 Å². The highest BCUT2D eigenvalue weighted by atomic mass is 32.2. The predicted molar refractivity (Wildman–Crippen MR) is 91.8 cm³/mol. The van der Waals surface area contributed by atoms with Crippen molar-refractivity contribution in [1.29, 1.82) is 0 Å². The molecule has 0 saturated carbocycles. The lowest BCUT2D eigenvalue weighted by atomic mass is 9.73. The second-order valence-corrected chi connectivity index (χ2v) is 10.1. The summed E-state index contributed by atoms with van der Waals surface area (Å²) in [5, 5.41) is 4.87. The van der Waals surface area contributed by atoms with Crippen LogP contribution in [0.5, 0.6) is 0 Å². The number of hydrogen-bond donors (Lipinski definition) is 0. The van der Waals surface area contributed by atoms with E-state index in [1.807, 2.05) is 0 Å². The monoisotopic (exact) mass is 366 g/mol. The van der Waals surface area contributed by atoms with Crippen LogP contribution in [0.3, 0.4) is 0 Å². The van der Waals surface area contributed by atoms with Crippen molar-refractivity contribution in [1.82, 2.24) is 19.0 Å². The topological polar surface area (TPSA) is 67.7 Å². The number of sulfonamides is 1. The Morgan fingerprint density at radius 1 is 1.12 bits per heavy atom. The van der Waals surface area contributed by atoms with Gasteiger partial charge in [0.05, 0.1) is 5.69 Å². The number of fused-ring (bicyclic) bond motifs is 1. The van der Waals surface area contributed by atoms with Crippen molar-refractivity contribution >= 4 is 10.0 Å². The van der Waals surface area contributed by atoms with E-state index in [0.717, 1.165) is 69.7 Å². The molecule has 1 aromatic rings. The maximum absolute atomic E-state index is 13.1. The van der Waals surface area contributed by atoms with Crippen LogP contribution in [0.2, 0.25) is 0 Å². The molecule has 7 nitrogen and oxygen atoms in total. The van der Waals surface area contributed by atoms with E-state index in [4.69, 9.17) is 4.74 Å². The standard InChI is InChI=1S/C17H26N4O3S/c1-19-16(14-3-2-4-15(14)18-19)25(22,23)21-11-17(12-21)9-20(10-17)13-5-7-24-8-6-13/h13H,2-12H2,1H3. The van der Waals surface area contributed by atoms with Crippen LogP contribution in [0.25, 0.3) is 0 Å². The Hall–Kier alpha value is -0.960. The molecule has 3 fully saturated rings. The SMILES string of the molecule is Cn1nc2c(c1S(=O)(=O)N1CC3(CN(C4CCOCC4)C3)C1)CCC2. The highest BCUT2D eigenvalue weighted by molar-refractivity contribution is 7.89. The highest BCUT2D eigenvalue weighted by Gasteiger charge is 2.57. The molecule has 4 aliphatic rings. The Kier molecular flexibility index (Phi) is 3.58. The predicted octanol–water partition coefficient (Wildman–Crippen LogP) is 0.394. The summed E-state index contributed by atoms with van der Waals surface area (Å²) in [7, 11) is -1.65. The van der Waals surface area contributed by atoms with Gasteiger partial charge in [-0.15, -0.1) is 0 Å². The third-order valence-corrected chi connectivity index (χ3v) is 8.34. The zero-order valence-corrected chi connectivity index (χ0v) is 15.6. The van der Waals surface area contributed by atoms with Gasteiger partial charge in [-0.05, 0) is 32.1 Å². The Bertz CT molecular complexity index is 783. The summed E-state index contributed by atoms with van der Waals surface area (Å²) >= 11 is 0. The number of likely N-dealkylation sites (tertiary alicyclic amines) is 1. The van der Waals surface area contributed by atoms with E-state index in [0.29, 0.717) is 24.2 Å². The van der Waals surface area contributed by atoms with Crippen LogP contribution in [0.15, 0.2) is 5.03 Å². The summed E-state index contributed by atoms with van der Waals surface area (Å²) in [6, 6.07) is 0.630. The minimum absolute atomic E-state index is 0.188. The summed E-state index contributed by atoms with van der Waals surface area (Å²) in [6.45, 7) is 5.12. The molecular formula is C17H26N4O3S. The van der Waals surface area contributed by atoms with E-state index in [1.54, 1.807) is 16.0 Å². The molecular weight excluding hydrogens is 340 g/mol. The van der Waals surface area contributed by atoms with Gasteiger partial charge < -0.3 is 4.74 Å². The molecule has 0 N–H and O–H groups in total. The lowest BCUT2D eigenvalue weighted by molar-refractivity contribution is -0.116. The second-order valence-electron chi connectivity index (χ2n) is 8.23. The molecule has 25 heavy (non-hydrogen) atoms. The molecule has 1 aliphatic carbocycles. The molecule has 0 bridgehead atoms. The smallest absolute Gasteiger partial charge is 0.260 e. The average Bonchev–Trinajstić information content (AvgIpc) is 3.04. The Morgan fingerprint density at radius 3 is 2.56 bits per heavy atom. The Labute approximate surface area is 149 Å². The van der Waals surface area contributed by atoms with Crippen molar-refractivity contribution in [3.63, 3.8) is 0 Å². The second kappa shape index (κ2) is 5.52. The number of rotatable bonds is 3. The van der Waals surface area contributed by atoms with Crippen LogP contribution in [0.4, 0.5) is 0 Å². The highest BCUT2D eigenvalue weighted by Crippen LogP contribution is 2.44. The summed E-state index contributed by atoms with van der Waals surface area (Å²) in [4.78, 5) is 2.52. The van der Waals surface area contributed by atoms with E-state index in [9.17, 15) is 8.42 Å². The van der Waals surface area contributed by atoms with Gasteiger partial charge in [0.15, 0.2) is 5.03 Å². The van der Waals surface area contributed by atoms with Crippen LogP contribution in [0, 0.1) is 5.41 Å². The third kappa shape index (κ3) is 2.41. The fraction of sp³-hybridized carbons (Fsp3) is 0.824. The molecule has 0 amide bonds. The quantitative estimate of drug-likeness (QED) is 0.774. The maximum Gasteiger partial charge on any atom is 0.260 e. The zero-order valence-electron chi connectivity index (χ0n) is 14.8. The van der Waals surface area contributed by atoms with E-state index < -0.39 is 10.0 Å². The van der Waals surface area contributed by atoms with Gasteiger partial charge in [0.25, 0.3) is 10.0 Å². The number of hydrogen-bond acceptors (Lipinski definition) is 5. The lowest BCUT2D eigenvalue weighted by Gasteiger charge is -2.61. The van der Waals surface area contributed by atoms with Crippen LogP contribution < -0.4 is 0 Å². The largest absolute Gasteiger partial charge is 0.381 e. The van der Waals surface area contributed by atoms with E-state index >= 15 is 0 Å². The Morgan fingerprint density at radius 2 is 1.84 bits per heavy atom. The zero-order chi connectivity index (χ0) is 17.2. The van der Waals surface area contributed by atoms with Gasteiger partial charge in [-0.3, -0.25) is 9.58 Å². The van der Waals surface area contributed by atoms with Gasteiger partial charge in [-0.1, -0.05) is 0 Å². The molecule has 3 aliphatic heterocycles. The van der Waals surface area contributed by atoms with Crippen molar-refractivity contribution in [2.24, 2.45) is 12.5 Å². The Balaban J connectivity index is 1.27. The van der Waals surface area contributed by atoms with Gasteiger partial charge in [0, 0.05) is 63.5 Å². The van der Waals surface area contributed by atoms with Gasteiger partial charge in [-0.25, -0.2) is 8.42 Å². The van der Waals surface area contributed by atoms with Crippen molar-refractivity contribution in [2.75, 3.05) is 39.4 Å². The lowest BCUT2D eigenvalue weighted by Crippen LogP contribution is -2.74. The van der Waals surface area contributed by atoms with Crippen molar-refractivity contribution < 1.29 is 13.2 Å². The van der Waals surface area contributed by atoms with Gasteiger partial charge in [0.2, 0.25) is 0 Å². The minimum atomic E-state index is -3.41. The van der Waals surface area contributed by atoms with Crippen LogP contribution in [-0.2, 0) is 34.6 Å². The summed E-state index contributed by atoms with van der Waals surface area (Å²) < 4.78 is 34.9. The number of aromatic nitrogens is 2. The average molecular weight is 366 g/mol. The van der Waals surface area contributed by atoms with Crippen LogP contribution >= 0.6 is 0 Å². The number of aryl methyl sites for hydroxylation is 2. The van der Waals surface area contributed by atoms with Crippen molar-refractivity contribution in [2.45, 2.75) is 43.2 Å². The molecule has 0 atom stereocenters. The van der Waals surface area contributed by atoms with Crippen LogP contribution in [-0.4, -0.2) is 72.8 Å². The molecule has 0 unspecified atom stereocenters. The molecule has 4 heterocycles. The molecule has 8 heteroatoms. The van der Waals surface area contributed by atoms with Gasteiger partial charge >= 0.3 is 0 Å². The first kappa shape index (κ1) is 16.2. The first-order chi connectivity index (χ1) is 12.0. The fourth-order valence-electron chi connectivity index (χ4n) is 5.13. The maximum atomic E-state index is 13.1. The van der Waals surface area contributed by atoms with E-state index in [-0.39, 0.29) is 5.41 Å². The third-order valence-electron chi connectivity index (χ3n) is 6.40. The summed E-state index contributed by atoms with van der Waals surface area (Å²) in [5.41, 5.74) is 2.12. The van der Waals surface area contributed by atoms with Crippen LogP contribution in [0.1, 0.15) is 30.5 Å². The minimum Gasteiger partial charge on any atom is -0.381 e. The van der Waals surface area contributed by atoms with Gasteiger partial charge in [0.1, 0.15) is 0 Å². The summed E-state index contributed by atoms with van der Waals surface area (Å²) in [6.07, 6.45) is 4.99. The van der Waals surface area contributed by atoms with Crippen molar-refractivity contribution in [3.8, 4) is 0 Å². The van der Waals surface area contributed by atoms with Gasteiger partial charge in [-0.2, -0.15) is 9.40 Å². The van der Waals surface area contributed by atoms with E-state index in [1.165, 1.54) is 0 Å². The van der Waals surface area contributed by atoms with E-state index in [2.05, 4.69) is 10.00 Å². The normalized spacial score (nSPS) is 27.2. The molecule has 5 rings (SSSR count). The molecule has 1 aromatic heterocycles. The fourth-order valence-corrected chi connectivity index (χ4v) is 7.17. The molecule has 3 saturated heterocycles. The molecule has 0 aromatic carbocycles. The first-order valence-electron chi connectivity index (χ1n) is 9.35. The molecule has 138 valence electrons. The summed E-state index contributed by atoms with van der Waals surface area (Å²) in [5.74, 6) is 0. The molecule has 0 radical (unpaired) electrons. The number of ether oxygens (including phenoxy) is 1. The first-order valence-corrected chi connectivity index (χ1v) is 10.8. The molecule has 1 spiro atoms.